The molecule has 0 saturated carbocycles. The summed E-state index contributed by atoms with van der Waals surface area (Å²) < 4.78 is 11.4. The van der Waals surface area contributed by atoms with Gasteiger partial charge in [0.2, 0.25) is 0 Å². The van der Waals surface area contributed by atoms with Crippen molar-refractivity contribution >= 4 is 0 Å². The molecule has 0 aromatic heterocycles. The summed E-state index contributed by atoms with van der Waals surface area (Å²) in [7, 11) is 0. The fourth-order valence-corrected chi connectivity index (χ4v) is 3.67. The Kier molecular flexibility index (Phi) is 6.01. The van der Waals surface area contributed by atoms with Gasteiger partial charge in [0.15, 0.2) is 6.29 Å². The first kappa shape index (κ1) is 19.6. The number of aliphatic hydroxyl groups is 2. The zero-order valence-electron chi connectivity index (χ0n) is 15.6. The highest BCUT2D eigenvalue weighted by Crippen LogP contribution is 2.41. The van der Waals surface area contributed by atoms with E-state index in [4.69, 9.17) is 9.47 Å². The van der Waals surface area contributed by atoms with Crippen molar-refractivity contribution in [3.8, 4) is 22.6 Å². The summed E-state index contributed by atoms with van der Waals surface area (Å²) in [5.41, 5.74) is 3.98. The van der Waals surface area contributed by atoms with E-state index in [1.54, 1.807) is 0 Å². The van der Waals surface area contributed by atoms with E-state index in [1.807, 2.05) is 38.1 Å². The van der Waals surface area contributed by atoms with Crippen LogP contribution in [0.15, 0.2) is 30.3 Å². The minimum atomic E-state index is -0.686. The predicted molar refractivity (Wildman–Crippen MR) is 101 cm³/mol. The number of hydrogen-bond acceptors (Lipinski definition) is 6. The number of aryl methyl sites for hydroxylation is 1. The van der Waals surface area contributed by atoms with Gasteiger partial charge in [0.1, 0.15) is 23.7 Å². The van der Waals surface area contributed by atoms with Gasteiger partial charge in [0.25, 0.3) is 0 Å². The zero-order valence-corrected chi connectivity index (χ0v) is 15.6. The van der Waals surface area contributed by atoms with Crippen molar-refractivity contribution in [2.45, 2.75) is 45.2 Å². The minimum absolute atomic E-state index is 0.0132. The SMILES string of the molecule is CCc1c(O)cc(O)c(-c2cccc(C)c2)c1CC1O[C@H](CO)[C@@H](CO)O1. The highest BCUT2D eigenvalue weighted by Gasteiger charge is 2.36. The van der Waals surface area contributed by atoms with E-state index < -0.39 is 18.5 Å². The van der Waals surface area contributed by atoms with Crippen molar-refractivity contribution in [1.29, 1.82) is 0 Å². The minimum Gasteiger partial charge on any atom is -0.508 e. The molecule has 27 heavy (non-hydrogen) atoms. The van der Waals surface area contributed by atoms with Gasteiger partial charge in [-0.05, 0) is 30.0 Å². The summed E-state index contributed by atoms with van der Waals surface area (Å²) in [6.45, 7) is 3.40. The number of phenolic OH excluding ortho intramolecular Hbond substituents is 2. The average Bonchev–Trinajstić information content (AvgIpc) is 3.04. The molecule has 0 amide bonds. The van der Waals surface area contributed by atoms with Crippen molar-refractivity contribution in [3.63, 3.8) is 0 Å². The van der Waals surface area contributed by atoms with E-state index in [0.717, 1.165) is 16.7 Å². The van der Waals surface area contributed by atoms with Gasteiger partial charge < -0.3 is 29.9 Å². The Labute approximate surface area is 158 Å². The molecule has 1 aliphatic heterocycles. The number of rotatable bonds is 6. The van der Waals surface area contributed by atoms with Crippen LogP contribution in [-0.4, -0.2) is 52.1 Å². The molecule has 1 heterocycles. The van der Waals surface area contributed by atoms with Crippen molar-refractivity contribution < 1.29 is 29.9 Å². The lowest BCUT2D eigenvalue weighted by Crippen LogP contribution is -2.29. The topological polar surface area (TPSA) is 99.4 Å². The molecule has 0 bridgehead atoms. The third-order valence-electron chi connectivity index (χ3n) is 4.96. The Balaban J connectivity index is 2.05. The van der Waals surface area contributed by atoms with E-state index in [9.17, 15) is 20.4 Å². The Morgan fingerprint density at radius 3 is 2.15 bits per heavy atom. The molecule has 2 aromatic rings. The van der Waals surface area contributed by atoms with Crippen LogP contribution in [0.1, 0.15) is 23.6 Å². The number of aliphatic hydroxyl groups excluding tert-OH is 2. The second kappa shape index (κ2) is 8.27. The molecule has 4 N–H and O–H groups in total. The molecule has 1 aliphatic rings. The van der Waals surface area contributed by atoms with Crippen molar-refractivity contribution in [2.24, 2.45) is 0 Å². The first-order valence-electron chi connectivity index (χ1n) is 9.14. The van der Waals surface area contributed by atoms with Gasteiger partial charge in [-0.1, -0.05) is 36.8 Å². The van der Waals surface area contributed by atoms with Gasteiger partial charge in [-0.15, -0.1) is 0 Å². The monoisotopic (exact) mass is 374 g/mol. The maximum Gasteiger partial charge on any atom is 0.162 e. The molecule has 1 saturated heterocycles. The Morgan fingerprint density at radius 2 is 1.59 bits per heavy atom. The van der Waals surface area contributed by atoms with Crippen LogP contribution in [-0.2, 0) is 22.3 Å². The van der Waals surface area contributed by atoms with E-state index in [-0.39, 0.29) is 31.1 Å². The standard InChI is InChI=1S/C21H26O6/c1-3-14-15(8-20-26-18(10-22)19(11-23)27-20)21(17(25)9-16(14)24)13-6-4-5-12(2)7-13/h4-7,9,18-20,22-25H,3,8,10-11H2,1-2H3/t18-,19-/m1/s1. The average molecular weight is 374 g/mol. The molecule has 146 valence electrons. The lowest BCUT2D eigenvalue weighted by Gasteiger charge is -2.20. The zero-order chi connectivity index (χ0) is 19.6. The van der Waals surface area contributed by atoms with E-state index >= 15 is 0 Å². The number of phenols is 2. The van der Waals surface area contributed by atoms with Crippen LogP contribution in [0.2, 0.25) is 0 Å². The quantitative estimate of drug-likeness (QED) is 0.619. The van der Waals surface area contributed by atoms with E-state index in [2.05, 4.69) is 0 Å². The van der Waals surface area contributed by atoms with Gasteiger partial charge in [-0.25, -0.2) is 0 Å². The summed E-state index contributed by atoms with van der Waals surface area (Å²) in [6, 6.07) is 9.13. The van der Waals surface area contributed by atoms with E-state index in [0.29, 0.717) is 17.5 Å². The van der Waals surface area contributed by atoms with E-state index in [1.165, 1.54) is 6.07 Å². The molecule has 1 fully saturated rings. The summed E-state index contributed by atoms with van der Waals surface area (Å²) >= 11 is 0. The van der Waals surface area contributed by atoms with Gasteiger partial charge in [0.05, 0.1) is 13.2 Å². The van der Waals surface area contributed by atoms with Crippen LogP contribution in [0, 0.1) is 6.92 Å². The van der Waals surface area contributed by atoms with Gasteiger partial charge >= 0.3 is 0 Å². The molecule has 0 unspecified atom stereocenters. The summed E-state index contributed by atoms with van der Waals surface area (Å²) in [4.78, 5) is 0. The number of benzene rings is 2. The van der Waals surface area contributed by atoms with Gasteiger partial charge in [-0.3, -0.25) is 0 Å². The lowest BCUT2D eigenvalue weighted by molar-refractivity contribution is -0.0725. The summed E-state index contributed by atoms with van der Waals surface area (Å²) in [5.74, 6) is 0.0116. The Bertz CT molecular complexity index is 791. The largest absolute Gasteiger partial charge is 0.508 e. The maximum absolute atomic E-state index is 10.6. The molecule has 0 aliphatic carbocycles. The third-order valence-corrected chi connectivity index (χ3v) is 4.96. The highest BCUT2D eigenvalue weighted by molar-refractivity contribution is 5.77. The fraction of sp³-hybridized carbons (Fsp3) is 0.429. The van der Waals surface area contributed by atoms with Crippen molar-refractivity contribution in [2.75, 3.05) is 13.2 Å². The second-order valence-electron chi connectivity index (χ2n) is 6.82. The first-order chi connectivity index (χ1) is 13.0. The molecule has 6 heteroatoms. The Morgan fingerprint density at radius 1 is 0.926 bits per heavy atom. The molecular formula is C21H26O6. The van der Waals surface area contributed by atoms with Crippen molar-refractivity contribution in [1.82, 2.24) is 0 Å². The highest BCUT2D eigenvalue weighted by atomic mass is 16.7. The molecular weight excluding hydrogens is 348 g/mol. The predicted octanol–water partition coefficient (Wildman–Crippen LogP) is 2.27. The molecule has 2 aromatic carbocycles. The second-order valence-corrected chi connectivity index (χ2v) is 6.82. The number of aromatic hydroxyl groups is 2. The smallest absolute Gasteiger partial charge is 0.162 e. The van der Waals surface area contributed by atoms with Crippen molar-refractivity contribution in [3.05, 3.63) is 47.0 Å². The molecule has 0 spiro atoms. The number of ether oxygens (including phenoxy) is 2. The van der Waals surface area contributed by atoms with Crippen LogP contribution in [0.3, 0.4) is 0 Å². The van der Waals surface area contributed by atoms with Gasteiger partial charge in [0, 0.05) is 18.1 Å². The fourth-order valence-electron chi connectivity index (χ4n) is 3.67. The van der Waals surface area contributed by atoms with Crippen LogP contribution in [0.5, 0.6) is 11.5 Å². The van der Waals surface area contributed by atoms with Crippen LogP contribution in [0.4, 0.5) is 0 Å². The maximum atomic E-state index is 10.6. The molecule has 6 nitrogen and oxygen atoms in total. The number of hydrogen-bond donors (Lipinski definition) is 4. The van der Waals surface area contributed by atoms with Crippen LogP contribution < -0.4 is 0 Å². The van der Waals surface area contributed by atoms with Crippen LogP contribution in [0.25, 0.3) is 11.1 Å². The molecule has 3 rings (SSSR count). The lowest BCUT2D eigenvalue weighted by atomic mass is 9.90. The molecule has 2 atom stereocenters. The third kappa shape index (κ3) is 3.94. The van der Waals surface area contributed by atoms with Crippen LogP contribution >= 0.6 is 0 Å². The summed E-state index contributed by atoms with van der Waals surface area (Å²) in [5, 5.41) is 39.7. The van der Waals surface area contributed by atoms with Gasteiger partial charge in [-0.2, -0.15) is 0 Å². The summed E-state index contributed by atoms with van der Waals surface area (Å²) in [6.07, 6.45) is -1.03. The normalized spacial score (nSPS) is 20.3. The molecule has 0 radical (unpaired) electrons. The first-order valence-corrected chi connectivity index (χ1v) is 9.14. The Hall–Kier alpha value is -2.12.